The van der Waals surface area contributed by atoms with Crippen LogP contribution in [0.25, 0.3) is 0 Å². The lowest BCUT2D eigenvalue weighted by Gasteiger charge is -2.32. The zero-order valence-electron chi connectivity index (χ0n) is 11.7. The van der Waals surface area contributed by atoms with Crippen LogP contribution in [0.1, 0.15) is 13.8 Å². The number of methoxy groups -OCH3 is 2. The van der Waals surface area contributed by atoms with Gasteiger partial charge in [-0.3, -0.25) is 0 Å². The molecule has 0 aromatic heterocycles. The Labute approximate surface area is 108 Å². The van der Waals surface area contributed by atoms with Gasteiger partial charge in [-0.05, 0) is 5.92 Å². The molecule has 1 rings (SSSR count). The van der Waals surface area contributed by atoms with Crippen LogP contribution >= 0.6 is 0 Å². The third-order valence-corrected chi connectivity index (χ3v) is 3.41. The molecule has 0 bridgehead atoms. The molecule has 0 spiro atoms. The van der Waals surface area contributed by atoms with Crippen LogP contribution in [0.5, 0.6) is 0 Å². The van der Waals surface area contributed by atoms with Gasteiger partial charge in [0.25, 0.3) is 0 Å². The minimum atomic E-state index is -2.90. The maximum atomic E-state index is 14.1. The lowest BCUT2D eigenvalue weighted by Crippen LogP contribution is -2.50. The summed E-state index contributed by atoms with van der Waals surface area (Å²) in [6, 6.07) is 0. The fourth-order valence-corrected chi connectivity index (χ4v) is 2.13. The molecule has 1 unspecified atom stereocenters. The van der Waals surface area contributed by atoms with Gasteiger partial charge in [0.1, 0.15) is 0 Å². The Morgan fingerprint density at radius 3 is 2.28 bits per heavy atom. The van der Waals surface area contributed by atoms with Crippen molar-refractivity contribution in [2.75, 3.05) is 47.0 Å². The molecule has 1 heterocycles. The zero-order valence-corrected chi connectivity index (χ0v) is 11.7. The number of rotatable bonds is 7. The first-order valence-corrected chi connectivity index (χ1v) is 6.33. The van der Waals surface area contributed by atoms with Crippen molar-refractivity contribution in [2.24, 2.45) is 5.92 Å². The van der Waals surface area contributed by atoms with Gasteiger partial charge in [-0.25, -0.2) is 9.80 Å². The second kappa shape index (κ2) is 6.75. The molecule has 4 nitrogen and oxygen atoms in total. The summed E-state index contributed by atoms with van der Waals surface area (Å²) in [5, 5.41) is 0. The molecule has 0 amide bonds. The van der Waals surface area contributed by atoms with Crippen molar-refractivity contribution in [1.82, 2.24) is 9.80 Å². The lowest BCUT2D eigenvalue weighted by molar-refractivity contribution is -0.219. The van der Waals surface area contributed by atoms with Crippen LogP contribution in [-0.2, 0) is 9.47 Å². The highest BCUT2D eigenvalue weighted by atomic mass is 19.3. The molecule has 108 valence electrons. The molecule has 0 saturated carbocycles. The van der Waals surface area contributed by atoms with Crippen molar-refractivity contribution < 1.29 is 18.3 Å². The first-order valence-electron chi connectivity index (χ1n) is 6.33. The van der Waals surface area contributed by atoms with Gasteiger partial charge >= 0.3 is 6.17 Å². The lowest BCUT2D eigenvalue weighted by atomic mass is 10.1. The molecule has 0 aromatic rings. The van der Waals surface area contributed by atoms with Crippen LogP contribution in [0, 0.1) is 5.92 Å². The summed E-state index contributed by atoms with van der Waals surface area (Å²) in [5.74, 6) is 0.221. The van der Waals surface area contributed by atoms with E-state index in [1.165, 1.54) is 12.0 Å². The molecule has 0 radical (unpaired) electrons. The van der Waals surface area contributed by atoms with E-state index in [0.29, 0.717) is 19.7 Å². The number of hydrogen-bond acceptors (Lipinski definition) is 4. The fourth-order valence-electron chi connectivity index (χ4n) is 2.13. The van der Waals surface area contributed by atoms with Crippen LogP contribution in [0.3, 0.4) is 0 Å². The Balaban J connectivity index is 2.57. The van der Waals surface area contributed by atoms with Crippen molar-refractivity contribution in [3.63, 3.8) is 0 Å². The minimum absolute atomic E-state index is 0.168. The summed E-state index contributed by atoms with van der Waals surface area (Å²) in [5.41, 5.74) is 0. The molecule has 1 saturated heterocycles. The van der Waals surface area contributed by atoms with E-state index in [9.17, 15) is 8.78 Å². The Bertz CT molecular complexity index is 252. The highest BCUT2D eigenvalue weighted by Crippen LogP contribution is 2.30. The summed E-state index contributed by atoms with van der Waals surface area (Å²) < 4.78 is 38.3. The smallest absolute Gasteiger partial charge is 0.369 e. The van der Waals surface area contributed by atoms with Crippen LogP contribution in [-0.4, -0.2) is 69.1 Å². The van der Waals surface area contributed by atoms with Gasteiger partial charge in [0, 0.05) is 40.4 Å². The van der Waals surface area contributed by atoms with E-state index < -0.39 is 6.17 Å². The van der Waals surface area contributed by atoms with Crippen molar-refractivity contribution in [3.05, 3.63) is 0 Å². The maximum Gasteiger partial charge on any atom is 0.369 e. The topological polar surface area (TPSA) is 24.9 Å². The average molecular weight is 266 g/mol. The molecular weight excluding hydrogens is 242 g/mol. The van der Waals surface area contributed by atoms with E-state index >= 15 is 0 Å². The number of hydrogen-bond donors (Lipinski definition) is 0. The van der Waals surface area contributed by atoms with Crippen molar-refractivity contribution in [3.8, 4) is 0 Å². The van der Waals surface area contributed by atoms with Gasteiger partial charge < -0.3 is 9.47 Å². The number of alkyl halides is 2. The molecular formula is C12H24F2N2O2. The minimum Gasteiger partial charge on any atom is -0.383 e. The molecule has 1 fully saturated rings. The van der Waals surface area contributed by atoms with Crippen molar-refractivity contribution in [2.45, 2.75) is 26.1 Å². The quantitative estimate of drug-likeness (QED) is 0.652. The fraction of sp³-hybridized carbons (Fsp3) is 1.00. The highest BCUT2D eigenvalue weighted by Gasteiger charge is 2.49. The summed E-state index contributed by atoms with van der Waals surface area (Å²) in [7, 11) is 3.09. The summed E-state index contributed by atoms with van der Waals surface area (Å²) in [4.78, 5) is 2.35. The Kier molecular flexibility index (Phi) is 5.91. The predicted octanol–water partition coefficient (Wildman–Crippen LogP) is 1.47. The Hall–Kier alpha value is -0.300. The van der Waals surface area contributed by atoms with Crippen LogP contribution in [0.2, 0.25) is 0 Å². The number of halogens is 2. The monoisotopic (exact) mass is 266 g/mol. The van der Waals surface area contributed by atoms with Crippen LogP contribution < -0.4 is 0 Å². The molecule has 18 heavy (non-hydrogen) atoms. The van der Waals surface area contributed by atoms with Gasteiger partial charge in [0.05, 0.1) is 12.7 Å². The highest BCUT2D eigenvalue weighted by molar-refractivity contribution is 4.83. The second-order valence-corrected chi connectivity index (χ2v) is 4.95. The van der Waals surface area contributed by atoms with Crippen LogP contribution in [0.15, 0.2) is 0 Å². The Morgan fingerprint density at radius 1 is 1.17 bits per heavy atom. The van der Waals surface area contributed by atoms with E-state index in [4.69, 9.17) is 9.47 Å². The third-order valence-electron chi connectivity index (χ3n) is 3.41. The predicted molar refractivity (Wildman–Crippen MR) is 65.6 cm³/mol. The van der Waals surface area contributed by atoms with E-state index in [1.807, 2.05) is 13.8 Å². The maximum absolute atomic E-state index is 14.1. The van der Waals surface area contributed by atoms with E-state index in [1.54, 1.807) is 7.11 Å². The molecule has 0 N–H and O–H groups in total. The van der Waals surface area contributed by atoms with Gasteiger partial charge in [-0.1, -0.05) is 13.8 Å². The number of ether oxygens (including phenoxy) is 2. The molecule has 1 aliphatic heterocycles. The van der Waals surface area contributed by atoms with Crippen molar-refractivity contribution in [1.29, 1.82) is 0 Å². The van der Waals surface area contributed by atoms with Gasteiger partial charge in [0.2, 0.25) is 0 Å². The summed E-state index contributed by atoms with van der Waals surface area (Å²) in [6.07, 6.45) is -3.07. The largest absolute Gasteiger partial charge is 0.383 e. The SMILES string of the molecule is COCCN1CCN(CC(OC)C(C)C)C1(F)F. The summed E-state index contributed by atoms with van der Waals surface area (Å²) >= 11 is 0. The first-order chi connectivity index (χ1) is 8.43. The van der Waals surface area contributed by atoms with Crippen molar-refractivity contribution >= 4 is 0 Å². The van der Waals surface area contributed by atoms with E-state index in [0.717, 1.165) is 4.90 Å². The molecule has 6 heteroatoms. The number of nitrogens with zero attached hydrogens (tertiary/aromatic N) is 2. The molecule has 1 atom stereocenters. The summed E-state index contributed by atoms with van der Waals surface area (Å²) in [6.45, 7) is 5.51. The van der Waals surface area contributed by atoms with Crippen LogP contribution in [0.4, 0.5) is 8.78 Å². The first kappa shape index (κ1) is 15.8. The van der Waals surface area contributed by atoms with Gasteiger partial charge in [0.15, 0.2) is 0 Å². The molecule has 0 aromatic carbocycles. The van der Waals surface area contributed by atoms with E-state index in [2.05, 4.69) is 0 Å². The standard InChI is InChI=1S/C12H24F2N2O2/c1-10(2)11(18-4)9-16-6-5-15(7-8-17-3)12(16,13)14/h10-11H,5-9H2,1-4H3. The van der Waals surface area contributed by atoms with E-state index in [-0.39, 0.29) is 25.1 Å². The second-order valence-electron chi connectivity index (χ2n) is 4.95. The average Bonchev–Trinajstić information content (AvgIpc) is 2.58. The third kappa shape index (κ3) is 3.60. The van der Waals surface area contributed by atoms with Gasteiger partial charge in [-0.2, -0.15) is 8.78 Å². The molecule has 0 aliphatic carbocycles. The molecule has 1 aliphatic rings. The zero-order chi connectivity index (χ0) is 13.8. The normalized spacial score (nSPS) is 22.8. The Morgan fingerprint density at radius 2 is 1.78 bits per heavy atom. The van der Waals surface area contributed by atoms with Gasteiger partial charge in [-0.15, -0.1) is 0 Å².